The molecule has 2 aromatic rings. The predicted octanol–water partition coefficient (Wildman–Crippen LogP) is 3.68. The molecule has 0 aliphatic carbocycles. The normalized spacial score (nSPS) is 10.7. The van der Waals surface area contributed by atoms with Gasteiger partial charge in [0.2, 0.25) is 0 Å². The van der Waals surface area contributed by atoms with Gasteiger partial charge in [-0.25, -0.2) is 4.39 Å². The van der Waals surface area contributed by atoms with E-state index in [1.54, 1.807) is 0 Å². The highest BCUT2D eigenvalue weighted by molar-refractivity contribution is 6.30. The number of rotatable bonds is 5. The molecule has 0 unspecified atom stereocenters. The van der Waals surface area contributed by atoms with Gasteiger partial charge in [-0.2, -0.15) is 0 Å². The summed E-state index contributed by atoms with van der Waals surface area (Å²) in [6.45, 7) is 2.94. The van der Waals surface area contributed by atoms with Crippen LogP contribution in [0.25, 0.3) is 0 Å². The molecule has 19 heavy (non-hydrogen) atoms. The van der Waals surface area contributed by atoms with Gasteiger partial charge in [-0.1, -0.05) is 11.6 Å². The van der Waals surface area contributed by atoms with Gasteiger partial charge in [0.25, 0.3) is 0 Å². The number of nitrogens with one attached hydrogen (secondary N) is 1. The van der Waals surface area contributed by atoms with Gasteiger partial charge < -0.3 is 14.5 Å². The van der Waals surface area contributed by atoms with Crippen LogP contribution in [0.5, 0.6) is 5.75 Å². The minimum Gasteiger partial charge on any atom is -0.486 e. The van der Waals surface area contributed by atoms with Crippen LogP contribution in [-0.2, 0) is 13.2 Å². The molecular weight excluding hydrogens is 269 g/mol. The van der Waals surface area contributed by atoms with Gasteiger partial charge in [-0.15, -0.1) is 0 Å². The van der Waals surface area contributed by atoms with E-state index in [0.717, 1.165) is 17.1 Å². The summed E-state index contributed by atoms with van der Waals surface area (Å²) >= 11 is 5.68. The molecule has 0 saturated carbocycles. The summed E-state index contributed by atoms with van der Waals surface area (Å²) in [5.41, 5.74) is 1.07. The Labute approximate surface area is 116 Å². The Balaban J connectivity index is 2.01. The fourth-order valence-corrected chi connectivity index (χ4v) is 1.89. The zero-order chi connectivity index (χ0) is 13.8. The molecular formula is C14H15ClFNO2. The van der Waals surface area contributed by atoms with Crippen molar-refractivity contribution in [3.05, 3.63) is 52.2 Å². The van der Waals surface area contributed by atoms with E-state index in [2.05, 4.69) is 5.32 Å². The summed E-state index contributed by atoms with van der Waals surface area (Å²) in [6.07, 6.45) is 0. The zero-order valence-corrected chi connectivity index (χ0v) is 11.6. The van der Waals surface area contributed by atoms with Gasteiger partial charge in [0.15, 0.2) is 0 Å². The molecule has 0 aliphatic rings. The topological polar surface area (TPSA) is 34.4 Å². The molecule has 102 valence electrons. The van der Waals surface area contributed by atoms with Crippen molar-refractivity contribution in [2.45, 2.75) is 20.1 Å². The maximum Gasteiger partial charge on any atom is 0.146 e. The van der Waals surface area contributed by atoms with Crippen molar-refractivity contribution >= 4 is 11.6 Å². The molecule has 5 heteroatoms. The molecule has 0 amide bonds. The van der Waals surface area contributed by atoms with Crippen LogP contribution in [0.4, 0.5) is 4.39 Å². The monoisotopic (exact) mass is 283 g/mol. The highest BCUT2D eigenvalue weighted by Crippen LogP contribution is 2.22. The lowest BCUT2D eigenvalue weighted by molar-refractivity contribution is 0.265. The summed E-state index contributed by atoms with van der Waals surface area (Å²) in [7, 11) is 1.86. The van der Waals surface area contributed by atoms with Gasteiger partial charge in [-0.3, -0.25) is 0 Å². The molecule has 0 spiro atoms. The number of benzene rings is 1. The summed E-state index contributed by atoms with van der Waals surface area (Å²) in [4.78, 5) is 0. The van der Waals surface area contributed by atoms with Crippen LogP contribution in [0.2, 0.25) is 5.02 Å². The third-order valence-electron chi connectivity index (χ3n) is 2.68. The summed E-state index contributed by atoms with van der Waals surface area (Å²) in [5.74, 6) is 1.66. The maximum atomic E-state index is 13.0. The summed E-state index contributed by atoms with van der Waals surface area (Å²) in [5, 5.41) is 3.08. The SMILES string of the molecule is CNCc1oc(COc2ccc(F)c(Cl)c2)cc1C. The second-order valence-corrected chi connectivity index (χ2v) is 4.62. The number of aryl methyl sites for hydroxylation is 1. The molecule has 0 atom stereocenters. The zero-order valence-electron chi connectivity index (χ0n) is 10.8. The lowest BCUT2D eigenvalue weighted by Gasteiger charge is -2.04. The minimum atomic E-state index is -0.459. The number of hydrogen-bond acceptors (Lipinski definition) is 3. The number of ether oxygens (including phenoxy) is 1. The molecule has 0 saturated heterocycles. The molecule has 0 bridgehead atoms. The van der Waals surface area contributed by atoms with Crippen LogP contribution >= 0.6 is 11.6 Å². The van der Waals surface area contributed by atoms with Crippen molar-refractivity contribution in [2.75, 3.05) is 7.05 Å². The Kier molecular flexibility index (Phi) is 4.45. The average Bonchev–Trinajstić information content (AvgIpc) is 2.72. The molecule has 0 aliphatic heterocycles. The van der Waals surface area contributed by atoms with E-state index in [-0.39, 0.29) is 11.6 Å². The Morgan fingerprint density at radius 3 is 2.84 bits per heavy atom. The Morgan fingerprint density at radius 1 is 1.37 bits per heavy atom. The lowest BCUT2D eigenvalue weighted by atomic mass is 10.2. The van der Waals surface area contributed by atoms with Crippen LogP contribution < -0.4 is 10.1 Å². The van der Waals surface area contributed by atoms with Crippen molar-refractivity contribution in [1.82, 2.24) is 5.32 Å². The molecule has 0 fully saturated rings. The number of furan rings is 1. The van der Waals surface area contributed by atoms with Crippen LogP contribution in [0.3, 0.4) is 0 Å². The van der Waals surface area contributed by atoms with E-state index in [0.29, 0.717) is 12.3 Å². The average molecular weight is 284 g/mol. The number of halogens is 2. The lowest BCUT2D eigenvalue weighted by Crippen LogP contribution is -2.04. The van der Waals surface area contributed by atoms with Crippen molar-refractivity contribution in [1.29, 1.82) is 0 Å². The Bertz CT molecular complexity index is 569. The molecule has 1 aromatic carbocycles. The van der Waals surface area contributed by atoms with Gasteiger partial charge >= 0.3 is 0 Å². The minimum absolute atomic E-state index is 0.0454. The van der Waals surface area contributed by atoms with E-state index < -0.39 is 5.82 Å². The highest BCUT2D eigenvalue weighted by Gasteiger charge is 2.08. The van der Waals surface area contributed by atoms with E-state index in [1.807, 2.05) is 20.0 Å². The van der Waals surface area contributed by atoms with Gasteiger partial charge in [0, 0.05) is 6.07 Å². The first-order valence-electron chi connectivity index (χ1n) is 5.91. The van der Waals surface area contributed by atoms with Crippen molar-refractivity contribution < 1.29 is 13.5 Å². The Hall–Kier alpha value is -1.52. The first kappa shape index (κ1) is 13.9. The summed E-state index contributed by atoms with van der Waals surface area (Å²) in [6, 6.07) is 6.18. The third kappa shape index (κ3) is 3.49. The van der Waals surface area contributed by atoms with Crippen LogP contribution in [0.15, 0.2) is 28.7 Å². The number of hydrogen-bond donors (Lipinski definition) is 1. The fourth-order valence-electron chi connectivity index (χ4n) is 1.72. The second kappa shape index (κ2) is 6.08. The smallest absolute Gasteiger partial charge is 0.146 e. The van der Waals surface area contributed by atoms with Gasteiger partial charge in [0.05, 0.1) is 11.6 Å². The van der Waals surface area contributed by atoms with E-state index in [9.17, 15) is 4.39 Å². The molecule has 1 aromatic heterocycles. The standard InChI is InChI=1S/C14H15ClFNO2/c1-9-5-11(19-14(9)7-17-2)8-18-10-3-4-13(16)12(15)6-10/h3-6,17H,7-8H2,1-2H3. The first-order chi connectivity index (χ1) is 9.10. The largest absolute Gasteiger partial charge is 0.486 e. The molecule has 3 nitrogen and oxygen atoms in total. The van der Waals surface area contributed by atoms with Crippen LogP contribution in [0.1, 0.15) is 17.1 Å². The van der Waals surface area contributed by atoms with Crippen molar-refractivity contribution in [3.63, 3.8) is 0 Å². The highest BCUT2D eigenvalue weighted by atomic mass is 35.5. The van der Waals surface area contributed by atoms with Gasteiger partial charge in [0.1, 0.15) is 29.7 Å². The summed E-state index contributed by atoms with van der Waals surface area (Å²) < 4.78 is 24.1. The van der Waals surface area contributed by atoms with Crippen molar-refractivity contribution in [2.24, 2.45) is 0 Å². The van der Waals surface area contributed by atoms with Crippen LogP contribution in [0, 0.1) is 12.7 Å². The molecule has 0 radical (unpaired) electrons. The third-order valence-corrected chi connectivity index (χ3v) is 2.97. The molecule has 2 rings (SSSR count). The van der Waals surface area contributed by atoms with Gasteiger partial charge in [-0.05, 0) is 37.7 Å². The fraction of sp³-hybridized carbons (Fsp3) is 0.286. The molecule has 1 N–H and O–H groups in total. The van der Waals surface area contributed by atoms with Crippen LogP contribution in [-0.4, -0.2) is 7.05 Å². The van der Waals surface area contributed by atoms with Crippen molar-refractivity contribution in [3.8, 4) is 5.75 Å². The second-order valence-electron chi connectivity index (χ2n) is 4.21. The Morgan fingerprint density at radius 2 is 2.16 bits per heavy atom. The quantitative estimate of drug-likeness (QED) is 0.909. The van der Waals surface area contributed by atoms with E-state index in [4.69, 9.17) is 20.8 Å². The van der Waals surface area contributed by atoms with E-state index >= 15 is 0 Å². The molecule has 1 heterocycles. The maximum absolute atomic E-state index is 13.0. The van der Waals surface area contributed by atoms with E-state index in [1.165, 1.54) is 18.2 Å². The first-order valence-corrected chi connectivity index (χ1v) is 6.28. The predicted molar refractivity (Wildman–Crippen MR) is 72.0 cm³/mol.